The van der Waals surface area contributed by atoms with E-state index in [4.69, 9.17) is 52.0 Å². The average molecular weight is 1160 g/mol. The second kappa shape index (κ2) is 25.7. The van der Waals surface area contributed by atoms with Gasteiger partial charge in [0.2, 0.25) is 11.8 Å². The Hall–Kier alpha value is -6.82. The lowest BCUT2D eigenvalue weighted by molar-refractivity contribution is -0.136. The van der Waals surface area contributed by atoms with Crippen molar-refractivity contribution in [2.45, 2.75) is 71.2 Å². The number of aromatic nitrogens is 6. The maximum absolute atomic E-state index is 13.4. The predicted molar refractivity (Wildman–Crippen MR) is 300 cm³/mol. The number of carbonyl (C=O) groups excluding carboxylic acids is 2. The fourth-order valence-electron chi connectivity index (χ4n) is 9.49. The van der Waals surface area contributed by atoms with Gasteiger partial charge in [0.1, 0.15) is 44.5 Å². The van der Waals surface area contributed by atoms with E-state index in [1.807, 2.05) is 41.0 Å². The number of halogens is 6. The quantitative estimate of drug-likeness (QED) is 0.0464. The number of morpholine rings is 2. The van der Waals surface area contributed by atoms with Crippen molar-refractivity contribution in [3.8, 4) is 11.5 Å². The van der Waals surface area contributed by atoms with Crippen LogP contribution in [0.5, 0.6) is 11.5 Å². The van der Waals surface area contributed by atoms with E-state index in [9.17, 15) is 36.7 Å². The molecule has 24 heteroatoms. The molecule has 2 fully saturated rings. The molecule has 10 rings (SSSR count). The minimum Gasteiger partial charge on any atom is -0.486 e. The predicted octanol–water partition coefficient (Wildman–Crippen LogP) is 9.04. The molecule has 0 aliphatic carbocycles. The van der Waals surface area contributed by atoms with Crippen LogP contribution in [0.2, 0.25) is 35.7 Å². The lowest BCUT2D eigenvalue weighted by atomic mass is 10.1. The molecule has 2 aliphatic rings. The first-order chi connectivity index (χ1) is 38.4. The van der Waals surface area contributed by atoms with E-state index >= 15 is 0 Å². The Balaban J connectivity index is 0.000000197. The van der Waals surface area contributed by atoms with Gasteiger partial charge in [-0.1, -0.05) is 79.2 Å². The normalized spacial score (nSPS) is 14.2. The van der Waals surface area contributed by atoms with E-state index < -0.39 is 34.1 Å². The fraction of sp³-hybridized carbons (Fsp3) is 0.393. The number of aromatic amines is 1. The fourth-order valence-corrected chi connectivity index (χ4v) is 10.7. The summed E-state index contributed by atoms with van der Waals surface area (Å²) in [4.78, 5) is 58.9. The second-order valence-corrected chi connectivity index (χ2v) is 27.0. The van der Waals surface area contributed by atoms with Crippen molar-refractivity contribution in [1.82, 2.24) is 38.9 Å². The Morgan fingerprint density at radius 3 is 1.66 bits per heavy atom. The zero-order chi connectivity index (χ0) is 56.7. The SMILES string of the molecule is C[Si](C)(C)CCOCn1c(Cc2nn(CC(=O)N3CCOCC3)c(=O)c3ccccc23)cc2cc(Cl)c(OCC(F)F)cc21.O=C(Cn1nc(Cc2cc3cc(Cl)c(OCC(F)F)cc3[nH]2)c2ccccc2c1=O)N1CCOCC1. The summed E-state index contributed by atoms with van der Waals surface area (Å²) in [6.07, 6.45) is -4.60. The molecule has 2 aliphatic heterocycles. The molecule has 0 bridgehead atoms. The first-order valence-electron chi connectivity index (χ1n) is 26.1. The number of hydrogen-bond acceptors (Lipinski definition) is 11. The van der Waals surface area contributed by atoms with Gasteiger partial charge in [-0.2, -0.15) is 10.2 Å². The van der Waals surface area contributed by atoms with Gasteiger partial charge in [-0.3, -0.25) is 19.2 Å². The number of hydrogen-bond donors (Lipinski definition) is 1. The summed E-state index contributed by atoms with van der Waals surface area (Å²) in [7, 11) is -1.34. The number of carbonyl (C=O) groups is 2. The molecule has 0 unspecified atom stereocenters. The van der Waals surface area contributed by atoms with Crippen LogP contribution in [0, 0.1) is 0 Å². The number of alkyl halides is 4. The van der Waals surface area contributed by atoms with Crippen molar-refractivity contribution < 1.29 is 50.8 Å². The van der Waals surface area contributed by atoms with Gasteiger partial charge in [0.05, 0.1) is 64.1 Å². The molecule has 0 atom stereocenters. The Bertz CT molecular complexity index is 3650. The molecule has 0 spiro atoms. The summed E-state index contributed by atoms with van der Waals surface area (Å²) in [5, 5.41) is 13.6. The lowest BCUT2D eigenvalue weighted by Crippen LogP contribution is -2.44. The van der Waals surface area contributed by atoms with Gasteiger partial charge in [0.15, 0.2) is 0 Å². The third-order valence-electron chi connectivity index (χ3n) is 13.6. The molecular weight excluding hydrogens is 1100 g/mol. The molecule has 8 aromatic rings. The van der Waals surface area contributed by atoms with Gasteiger partial charge < -0.3 is 43.0 Å². The number of nitrogens with zero attached hydrogens (tertiary/aromatic N) is 7. The molecule has 4 aromatic carbocycles. The van der Waals surface area contributed by atoms with Crippen LogP contribution in [-0.2, 0) is 56.5 Å². The van der Waals surface area contributed by atoms with Crippen LogP contribution >= 0.6 is 23.2 Å². The summed E-state index contributed by atoms with van der Waals surface area (Å²) < 4.78 is 82.5. The summed E-state index contributed by atoms with van der Waals surface area (Å²) in [6, 6.07) is 25.7. The highest BCUT2D eigenvalue weighted by molar-refractivity contribution is 6.76. The number of H-pyrrole nitrogens is 1. The second-order valence-electron chi connectivity index (χ2n) is 20.6. The van der Waals surface area contributed by atoms with Crippen LogP contribution in [-0.4, -0.2) is 144 Å². The zero-order valence-electron chi connectivity index (χ0n) is 44.3. The van der Waals surface area contributed by atoms with Crippen molar-refractivity contribution in [3.05, 3.63) is 138 Å². The Morgan fingerprint density at radius 1 is 0.662 bits per heavy atom. The minimum absolute atomic E-state index is 0.159. The largest absolute Gasteiger partial charge is 0.486 e. The molecule has 0 radical (unpaired) electrons. The average Bonchev–Trinajstić information content (AvgIpc) is 4.01. The molecule has 80 heavy (non-hydrogen) atoms. The van der Waals surface area contributed by atoms with Crippen molar-refractivity contribution in [1.29, 1.82) is 0 Å². The standard InChI is InChI=1S/C31H37ClF2N4O5Si.C25H23ClF2N4O4/c1-44(2,3)13-12-42-20-37-22(14-21-15-25(32)28(17-27(21)37)43-19-29(33)34)16-26-23-6-4-5-7-24(23)31(40)38(35-26)18-30(39)36-8-10-41-11-9-36;26-19-10-15-9-16(29-20(15)12-22(19)36-14-23(27)28)11-21-17-3-1-2-4-18(17)25(34)32(30-21)13-24(33)31-5-7-35-8-6-31/h4-7,14-15,17,29H,8-13,16,18-20H2,1-3H3;1-4,9-10,12,23,29H,5-8,11,13-14H2. The lowest BCUT2D eigenvalue weighted by Gasteiger charge is -2.27. The number of rotatable bonds is 19. The van der Waals surface area contributed by atoms with Crippen LogP contribution in [0.4, 0.5) is 17.6 Å². The van der Waals surface area contributed by atoms with E-state index in [-0.39, 0.29) is 64.3 Å². The molecule has 424 valence electrons. The highest BCUT2D eigenvalue weighted by Gasteiger charge is 2.24. The Labute approximate surface area is 467 Å². The van der Waals surface area contributed by atoms with Crippen LogP contribution in [0.25, 0.3) is 43.4 Å². The summed E-state index contributed by atoms with van der Waals surface area (Å²) in [5.74, 6) is -0.0615. The molecule has 17 nitrogen and oxygen atoms in total. The maximum Gasteiger partial charge on any atom is 0.275 e. The van der Waals surface area contributed by atoms with Gasteiger partial charge in [-0.05, 0) is 42.4 Å². The number of nitrogens with one attached hydrogen (secondary N) is 1. The van der Waals surface area contributed by atoms with E-state index in [1.54, 1.807) is 58.3 Å². The number of benzene rings is 4. The Morgan fingerprint density at radius 2 is 1.15 bits per heavy atom. The zero-order valence-corrected chi connectivity index (χ0v) is 46.8. The van der Waals surface area contributed by atoms with Crippen molar-refractivity contribution in [3.63, 3.8) is 0 Å². The van der Waals surface area contributed by atoms with Crippen LogP contribution in [0.3, 0.4) is 0 Å². The molecule has 4 aromatic heterocycles. The maximum atomic E-state index is 13.4. The van der Waals surface area contributed by atoms with Gasteiger partial charge in [0.25, 0.3) is 24.0 Å². The van der Waals surface area contributed by atoms with Crippen LogP contribution < -0.4 is 20.6 Å². The Kier molecular flexibility index (Phi) is 18.6. The van der Waals surface area contributed by atoms with Crippen LogP contribution in [0.1, 0.15) is 22.8 Å². The first-order valence-corrected chi connectivity index (χ1v) is 30.6. The molecule has 2 amide bonds. The van der Waals surface area contributed by atoms with Gasteiger partial charge in [-0.25, -0.2) is 26.9 Å². The van der Waals surface area contributed by atoms with Gasteiger partial charge >= 0.3 is 0 Å². The van der Waals surface area contributed by atoms with Gasteiger partial charge in [0, 0.05) is 104 Å². The number of fused-ring (bicyclic) bond motifs is 4. The highest BCUT2D eigenvalue weighted by atomic mass is 35.5. The number of amides is 2. The third kappa shape index (κ3) is 14.2. The van der Waals surface area contributed by atoms with Crippen molar-refractivity contribution >= 4 is 86.4 Å². The third-order valence-corrected chi connectivity index (χ3v) is 15.9. The topological polar surface area (TPSA) is 177 Å². The summed E-state index contributed by atoms with van der Waals surface area (Å²) >= 11 is 12.6. The molecule has 2 saturated heterocycles. The highest BCUT2D eigenvalue weighted by Crippen LogP contribution is 2.35. The summed E-state index contributed by atoms with van der Waals surface area (Å²) in [6.45, 7) is 9.51. The first kappa shape index (κ1) is 57.9. The van der Waals surface area contributed by atoms with Gasteiger partial charge in [-0.15, -0.1) is 0 Å². The molecule has 6 heterocycles. The molecule has 0 saturated carbocycles. The van der Waals surface area contributed by atoms with E-state index in [2.05, 4.69) is 29.7 Å². The monoisotopic (exact) mass is 1160 g/mol. The van der Waals surface area contributed by atoms with Crippen molar-refractivity contribution in [2.75, 3.05) is 72.4 Å². The van der Waals surface area contributed by atoms with E-state index in [0.717, 1.165) is 28.2 Å². The van der Waals surface area contributed by atoms with E-state index in [1.165, 1.54) is 9.36 Å². The summed E-state index contributed by atoms with van der Waals surface area (Å²) in [5.41, 5.74) is 3.52. The smallest absolute Gasteiger partial charge is 0.275 e. The molecular formula is C56H60Cl2F4N8O9Si. The van der Waals surface area contributed by atoms with Crippen molar-refractivity contribution in [2.24, 2.45) is 0 Å². The van der Waals surface area contributed by atoms with E-state index in [0.29, 0.717) is 116 Å². The number of ether oxygens (including phenoxy) is 5. The minimum atomic E-state index is -2.64. The van der Waals surface area contributed by atoms with Crippen LogP contribution in [0.15, 0.2) is 94.5 Å². The molecule has 1 N–H and O–H groups in total.